The van der Waals surface area contributed by atoms with Gasteiger partial charge < -0.3 is 11.1 Å². The monoisotopic (exact) mass is 322 g/mol. The molecule has 7 heteroatoms. The SMILES string of the molecule is Cc1cc(C)n(Cc2ccc(C(=O)NCC(F)(F)CN)cc2)n1. The Labute approximate surface area is 133 Å². The molecular weight excluding hydrogens is 302 g/mol. The summed E-state index contributed by atoms with van der Waals surface area (Å²) in [5, 5.41) is 6.56. The normalized spacial score (nSPS) is 11.5. The van der Waals surface area contributed by atoms with E-state index in [0.29, 0.717) is 12.1 Å². The van der Waals surface area contributed by atoms with Crippen molar-refractivity contribution in [3.05, 3.63) is 52.8 Å². The van der Waals surface area contributed by atoms with Gasteiger partial charge in [-0.1, -0.05) is 12.1 Å². The molecule has 0 unspecified atom stereocenters. The van der Waals surface area contributed by atoms with Crippen LogP contribution in [0.5, 0.6) is 0 Å². The second-order valence-electron chi connectivity index (χ2n) is 5.52. The number of nitrogens with two attached hydrogens (primary N) is 1. The van der Waals surface area contributed by atoms with Crippen molar-refractivity contribution in [3.63, 3.8) is 0 Å². The number of aryl methyl sites for hydroxylation is 2. The molecule has 0 fully saturated rings. The van der Waals surface area contributed by atoms with E-state index >= 15 is 0 Å². The summed E-state index contributed by atoms with van der Waals surface area (Å²) in [4.78, 5) is 11.8. The molecule has 2 aromatic rings. The number of hydrogen-bond acceptors (Lipinski definition) is 3. The number of halogens is 2. The summed E-state index contributed by atoms with van der Waals surface area (Å²) in [6.07, 6.45) is 0. The Morgan fingerprint density at radius 3 is 2.48 bits per heavy atom. The van der Waals surface area contributed by atoms with Crippen molar-refractivity contribution in [1.82, 2.24) is 15.1 Å². The zero-order chi connectivity index (χ0) is 17.0. The van der Waals surface area contributed by atoms with Crippen LogP contribution in [0.1, 0.15) is 27.3 Å². The third-order valence-corrected chi connectivity index (χ3v) is 3.46. The van der Waals surface area contributed by atoms with Gasteiger partial charge in [-0.15, -0.1) is 0 Å². The molecule has 0 saturated heterocycles. The molecule has 0 bridgehead atoms. The maximum absolute atomic E-state index is 13.0. The van der Waals surface area contributed by atoms with Gasteiger partial charge in [-0.3, -0.25) is 9.48 Å². The third-order valence-electron chi connectivity index (χ3n) is 3.46. The fraction of sp³-hybridized carbons (Fsp3) is 0.375. The summed E-state index contributed by atoms with van der Waals surface area (Å²) >= 11 is 0. The van der Waals surface area contributed by atoms with Crippen molar-refractivity contribution in [1.29, 1.82) is 0 Å². The first-order valence-corrected chi connectivity index (χ1v) is 7.27. The first kappa shape index (κ1) is 17.1. The van der Waals surface area contributed by atoms with Gasteiger partial charge in [0.15, 0.2) is 0 Å². The van der Waals surface area contributed by atoms with Gasteiger partial charge in [-0.2, -0.15) is 5.10 Å². The van der Waals surface area contributed by atoms with Crippen LogP contribution in [0.25, 0.3) is 0 Å². The van der Waals surface area contributed by atoms with Crippen LogP contribution in [-0.2, 0) is 6.54 Å². The van der Waals surface area contributed by atoms with Gasteiger partial charge in [0.2, 0.25) is 0 Å². The highest BCUT2D eigenvalue weighted by Crippen LogP contribution is 2.11. The Kier molecular flexibility index (Phi) is 5.10. The maximum atomic E-state index is 13.0. The number of aromatic nitrogens is 2. The Balaban J connectivity index is 1.99. The quantitative estimate of drug-likeness (QED) is 0.853. The lowest BCUT2D eigenvalue weighted by Gasteiger charge is -2.14. The zero-order valence-electron chi connectivity index (χ0n) is 13.1. The Bertz CT molecular complexity index is 680. The summed E-state index contributed by atoms with van der Waals surface area (Å²) in [6.45, 7) is 2.92. The van der Waals surface area contributed by atoms with E-state index in [1.54, 1.807) is 24.3 Å². The fourth-order valence-electron chi connectivity index (χ4n) is 2.15. The van der Waals surface area contributed by atoms with Crippen LogP contribution in [0.3, 0.4) is 0 Å². The van der Waals surface area contributed by atoms with Crippen molar-refractivity contribution in [3.8, 4) is 0 Å². The molecule has 1 aromatic heterocycles. The van der Waals surface area contributed by atoms with E-state index in [1.807, 2.05) is 24.6 Å². The number of benzene rings is 1. The van der Waals surface area contributed by atoms with Gasteiger partial charge in [0, 0.05) is 11.3 Å². The summed E-state index contributed by atoms with van der Waals surface area (Å²) in [5.41, 5.74) is 8.22. The van der Waals surface area contributed by atoms with Crippen LogP contribution in [0.15, 0.2) is 30.3 Å². The molecule has 1 heterocycles. The molecular formula is C16H20F2N4O. The molecule has 1 aromatic carbocycles. The van der Waals surface area contributed by atoms with E-state index in [9.17, 15) is 13.6 Å². The van der Waals surface area contributed by atoms with Gasteiger partial charge in [0.05, 0.1) is 25.3 Å². The van der Waals surface area contributed by atoms with Crippen molar-refractivity contribution < 1.29 is 13.6 Å². The number of rotatable bonds is 6. The van der Waals surface area contributed by atoms with E-state index in [2.05, 4.69) is 10.4 Å². The molecule has 0 saturated carbocycles. The predicted molar refractivity (Wildman–Crippen MR) is 83.6 cm³/mol. The minimum absolute atomic E-state index is 0.329. The zero-order valence-corrected chi connectivity index (χ0v) is 13.1. The molecule has 0 aliphatic heterocycles. The smallest absolute Gasteiger partial charge is 0.277 e. The first-order valence-electron chi connectivity index (χ1n) is 7.27. The summed E-state index contributed by atoms with van der Waals surface area (Å²) in [5.74, 6) is -3.64. The molecule has 124 valence electrons. The lowest BCUT2D eigenvalue weighted by molar-refractivity contribution is 0.0118. The van der Waals surface area contributed by atoms with Gasteiger partial charge in [0.1, 0.15) is 0 Å². The largest absolute Gasteiger partial charge is 0.346 e. The van der Waals surface area contributed by atoms with E-state index in [-0.39, 0.29) is 0 Å². The van der Waals surface area contributed by atoms with Crippen molar-refractivity contribution in [2.24, 2.45) is 5.73 Å². The van der Waals surface area contributed by atoms with Crippen molar-refractivity contribution in [2.45, 2.75) is 26.3 Å². The van der Waals surface area contributed by atoms with E-state index in [1.165, 1.54) is 0 Å². The summed E-state index contributed by atoms with van der Waals surface area (Å²) < 4.78 is 27.9. The van der Waals surface area contributed by atoms with Crippen LogP contribution < -0.4 is 11.1 Å². The minimum Gasteiger partial charge on any atom is -0.346 e. The second-order valence-corrected chi connectivity index (χ2v) is 5.52. The number of nitrogens with zero attached hydrogens (tertiary/aromatic N) is 2. The molecule has 0 spiro atoms. The van der Waals surface area contributed by atoms with E-state index < -0.39 is 24.9 Å². The van der Waals surface area contributed by atoms with E-state index in [0.717, 1.165) is 17.0 Å². The Morgan fingerprint density at radius 2 is 1.96 bits per heavy atom. The lowest BCUT2D eigenvalue weighted by atomic mass is 10.1. The number of nitrogens with one attached hydrogen (secondary N) is 1. The predicted octanol–water partition coefficient (Wildman–Crippen LogP) is 1.87. The van der Waals surface area contributed by atoms with Gasteiger partial charge in [-0.25, -0.2) is 8.78 Å². The van der Waals surface area contributed by atoms with Crippen molar-refractivity contribution in [2.75, 3.05) is 13.1 Å². The molecule has 2 rings (SSSR count). The number of amides is 1. The lowest BCUT2D eigenvalue weighted by Crippen LogP contribution is -2.41. The van der Waals surface area contributed by atoms with E-state index in [4.69, 9.17) is 5.73 Å². The van der Waals surface area contributed by atoms with Gasteiger partial charge in [-0.05, 0) is 37.6 Å². The third kappa shape index (κ3) is 4.59. The summed E-state index contributed by atoms with van der Waals surface area (Å²) in [6, 6.07) is 8.77. The Morgan fingerprint density at radius 1 is 1.30 bits per heavy atom. The molecule has 0 atom stereocenters. The van der Waals surface area contributed by atoms with Crippen LogP contribution in [0, 0.1) is 13.8 Å². The van der Waals surface area contributed by atoms with Crippen LogP contribution in [0.4, 0.5) is 8.78 Å². The highest BCUT2D eigenvalue weighted by molar-refractivity contribution is 5.94. The minimum atomic E-state index is -3.09. The van der Waals surface area contributed by atoms with Crippen molar-refractivity contribution >= 4 is 5.91 Å². The molecule has 1 amide bonds. The van der Waals surface area contributed by atoms with Crippen LogP contribution >= 0.6 is 0 Å². The Hall–Kier alpha value is -2.28. The fourth-order valence-corrected chi connectivity index (χ4v) is 2.15. The standard InChI is InChI=1S/C16H20F2N4O/c1-11-7-12(2)22(21-11)8-13-3-5-14(6-4-13)15(23)20-10-16(17,18)9-19/h3-7H,8-10,19H2,1-2H3,(H,20,23). The topological polar surface area (TPSA) is 72.9 Å². The van der Waals surface area contributed by atoms with Crippen LogP contribution in [-0.4, -0.2) is 34.7 Å². The number of alkyl halides is 2. The number of carbonyl (C=O) groups is 1. The first-order chi connectivity index (χ1) is 10.8. The average molecular weight is 322 g/mol. The molecule has 3 N–H and O–H groups in total. The molecule has 0 aliphatic rings. The second kappa shape index (κ2) is 6.87. The molecule has 23 heavy (non-hydrogen) atoms. The van der Waals surface area contributed by atoms with Crippen LogP contribution in [0.2, 0.25) is 0 Å². The molecule has 0 radical (unpaired) electrons. The highest BCUT2D eigenvalue weighted by atomic mass is 19.3. The number of carbonyl (C=O) groups excluding carboxylic acids is 1. The maximum Gasteiger partial charge on any atom is 0.277 e. The number of hydrogen-bond donors (Lipinski definition) is 2. The highest BCUT2D eigenvalue weighted by Gasteiger charge is 2.27. The summed E-state index contributed by atoms with van der Waals surface area (Å²) in [7, 11) is 0. The average Bonchev–Trinajstić information content (AvgIpc) is 2.83. The van der Waals surface area contributed by atoms with Gasteiger partial charge >= 0.3 is 0 Å². The molecule has 5 nitrogen and oxygen atoms in total. The van der Waals surface area contributed by atoms with Gasteiger partial charge in [0.25, 0.3) is 11.8 Å². The molecule has 0 aliphatic carbocycles.